The molecule has 0 radical (unpaired) electrons. The van der Waals surface area contributed by atoms with E-state index >= 15 is 0 Å². The van der Waals surface area contributed by atoms with Crippen LogP contribution < -0.4 is 0 Å². The molecule has 0 bridgehead atoms. The van der Waals surface area contributed by atoms with Gasteiger partial charge < -0.3 is 4.74 Å². The zero-order valence-electron chi connectivity index (χ0n) is 10.1. The van der Waals surface area contributed by atoms with Crippen LogP contribution in [0.3, 0.4) is 0 Å². The summed E-state index contributed by atoms with van der Waals surface area (Å²) in [5.41, 5.74) is 0.177. The van der Waals surface area contributed by atoms with Crippen molar-refractivity contribution in [3.63, 3.8) is 0 Å². The van der Waals surface area contributed by atoms with E-state index in [1.54, 1.807) is 13.2 Å². The lowest BCUT2D eigenvalue weighted by Crippen LogP contribution is -2.08. The Kier molecular flexibility index (Phi) is 6.03. The van der Waals surface area contributed by atoms with Gasteiger partial charge >= 0.3 is 0 Å². The van der Waals surface area contributed by atoms with E-state index in [2.05, 4.69) is 0 Å². The SMILES string of the molecule is CC.COCC1(C/C=C/C(C)(F)F)CC1. The van der Waals surface area contributed by atoms with Crippen molar-refractivity contribution in [2.45, 2.75) is 46.0 Å². The highest BCUT2D eigenvalue weighted by Gasteiger charge is 2.41. The first-order valence-corrected chi connectivity index (χ1v) is 5.52. The second-order valence-corrected chi connectivity index (χ2v) is 4.00. The lowest BCUT2D eigenvalue weighted by molar-refractivity contribution is 0.0766. The van der Waals surface area contributed by atoms with E-state index in [1.807, 2.05) is 13.8 Å². The molecule has 0 aromatic carbocycles. The van der Waals surface area contributed by atoms with Crippen molar-refractivity contribution in [3.8, 4) is 0 Å². The van der Waals surface area contributed by atoms with Crippen LogP contribution in [0.15, 0.2) is 12.2 Å². The summed E-state index contributed by atoms with van der Waals surface area (Å²) in [4.78, 5) is 0. The molecular weight excluding hydrogens is 198 g/mol. The van der Waals surface area contributed by atoms with Crippen LogP contribution in [0.5, 0.6) is 0 Å². The first kappa shape index (κ1) is 14.6. The number of methoxy groups -OCH3 is 1. The number of hydrogen-bond acceptors (Lipinski definition) is 1. The summed E-state index contributed by atoms with van der Waals surface area (Å²) in [5.74, 6) is -2.68. The fourth-order valence-electron chi connectivity index (χ4n) is 1.41. The molecule has 1 fully saturated rings. The summed E-state index contributed by atoms with van der Waals surface area (Å²) < 4.78 is 29.8. The molecule has 90 valence electrons. The number of hydrogen-bond donors (Lipinski definition) is 0. The normalized spacial score (nSPS) is 18.5. The first-order chi connectivity index (χ1) is 6.97. The Morgan fingerprint density at radius 3 is 2.20 bits per heavy atom. The predicted molar refractivity (Wildman–Crippen MR) is 59.3 cm³/mol. The lowest BCUT2D eigenvalue weighted by Gasteiger charge is -2.10. The van der Waals surface area contributed by atoms with Crippen molar-refractivity contribution in [2.75, 3.05) is 13.7 Å². The van der Waals surface area contributed by atoms with Crippen molar-refractivity contribution in [1.82, 2.24) is 0 Å². The zero-order valence-corrected chi connectivity index (χ0v) is 10.1. The summed E-state index contributed by atoms with van der Waals surface area (Å²) in [5, 5.41) is 0. The fourth-order valence-corrected chi connectivity index (χ4v) is 1.41. The smallest absolute Gasteiger partial charge is 0.263 e. The Balaban J connectivity index is 0.000000921. The van der Waals surface area contributed by atoms with Crippen LogP contribution in [0.25, 0.3) is 0 Å². The molecule has 3 heteroatoms. The molecule has 0 heterocycles. The molecule has 0 saturated heterocycles. The van der Waals surface area contributed by atoms with Crippen molar-refractivity contribution in [3.05, 3.63) is 12.2 Å². The van der Waals surface area contributed by atoms with Gasteiger partial charge in [-0.05, 0) is 30.8 Å². The summed E-state index contributed by atoms with van der Waals surface area (Å²) in [7, 11) is 1.65. The van der Waals surface area contributed by atoms with Crippen molar-refractivity contribution >= 4 is 0 Å². The molecule has 1 nitrogen and oxygen atoms in total. The molecule has 1 aliphatic carbocycles. The number of rotatable bonds is 5. The third-order valence-electron chi connectivity index (χ3n) is 2.37. The van der Waals surface area contributed by atoms with Crippen LogP contribution in [-0.2, 0) is 4.74 Å². The highest BCUT2D eigenvalue weighted by atomic mass is 19.3. The van der Waals surface area contributed by atoms with E-state index in [0.29, 0.717) is 13.0 Å². The van der Waals surface area contributed by atoms with Gasteiger partial charge in [0, 0.05) is 14.0 Å². The minimum atomic E-state index is -2.68. The Morgan fingerprint density at radius 2 is 1.87 bits per heavy atom. The van der Waals surface area contributed by atoms with Gasteiger partial charge in [-0.3, -0.25) is 0 Å². The van der Waals surface area contributed by atoms with Crippen LogP contribution in [-0.4, -0.2) is 19.6 Å². The third-order valence-corrected chi connectivity index (χ3v) is 2.37. The number of allylic oxidation sites excluding steroid dienone is 2. The molecule has 0 N–H and O–H groups in total. The van der Waals surface area contributed by atoms with Gasteiger partial charge in [0.05, 0.1) is 6.61 Å². The standard InChI is InChI=1S/C10H16F2O.C2H6/c1-9(11,12)4-3-5-10(6-7-10)8-13-2;1-2/h3-4H,5-8H2,1-2H3;1-2H3/b4-3+;. The first-order valence-electron chi connectivity index (χ1n) is 5.52. The van der Waals surface area contributed by atoms with Gasteiger partial charge in [0.15, 0.2) is 0 Å². The number of ether oxygens (including phenoxy) is 1. The molecule has 1 aliphatic rings. The average molecular weight is 220 g/mol. The van der Waals surface area contributed by atoms with Crippen LogP contribution in [0.2, 0.25) is 0 Å². The predicted octanol–water partition coefficient (Wildman–Crippen LogP) is 4.04. The average Bonchev–Trinajstić information content (AvgIpc) is 2.87. The Labute approximate surface area is 91.5 Å². The minimum absolute atomic E-state index is 0.177. The highest BCUT2D eigenvalue weighted by Crippen LogP contribution is 2.49. The lowest BCUT2D eigenvalue weighted by atomic mass is 10.0. The van der Waals surface area contributed by atoms with Gasteiger partial charge in [0.1, 0.15) is 0 Å². The minimum Gasteiger partial charge on any atom is -0.384 e. The van der Waals surface area contributed by atoms with E-state index < -0.39 is 5.92 Å². The van der Waals surface area contributed by atoms with Crippen molar-refractivity contribution in [1.29, 1.82) is 0 Å². The maximum Gasteiger partial charge on any atom is 0.263 e. The second kappa shape index (κ2) is 6.21. The van der Waals surface area contributed by atoms with Crippen LogP contribution >= 0.6 is 0 Å². The van der Waals surface area contributed by atoms with Crippen molar-refractivity contribution < 1.29 is 13.5 Å². The maximum absolute atomic E-state index is 12.4. The quantitative estimate of drug-likeness (QED) is 0.635. The van der Waals surface area contributed by atoms with Crippen LogP contribution in [0.1, 0.15) is 40.0 Å². The van der Waals surface area contributed by atoms with Gasteiger partial charge in [-0.15, -0.1) is 0 Å². The molecule has 15 heavy (non-hydrogen) atoms. The molecule has 0 aliphatic heterocycles. The second-order valence-electron chi connectivity index (χ2n) is 4.00. The molecule has 0 aromatic rings. The Bertz CT molecular complexity index is 190. The fraction of sp³-hybridized carbons (Fsp3) is 0.833. The van der Waals surface area contributed by atoms with E-state index in [1.165, 1.54) is 0 Å². The largest absolute Gasteiger partial charge is 0.384 e. The van der Waals surface area contributed by atoms with Crippen LogP contribution in [0.4, 0.5) is 8.78 Å². The summed E-state index contributed by atoms with van der Waals surface area (Å²) >= 11 is 0. The van der Waals surface area contributed by atoms with E-state index in [9.17, 15) is 8.78 Å². The molecule has 0 amide bonds. The van der Waals surface area contributed by atoms with E-state index in [0.717, 1.165) is 25.8 Å². The van der Waals surface area contributed by atoms with Crippen molar-refractivity contribution in [2.24, 2.45) is 5.41 Å². The van der Waals surface area contributed by atoms with Gasteiger partial charge in [0.2, 0.25) is 0 Å². The Morgan fingerprint density at radius 1 is 1.33 bits per heavy atom. The molecule has 0 aromatic heterocycles. The molecule has 0 spiro atoms. The molecular formula is C12H22F2O. The molecule has 1 rings (SSSR count). The van der Waals surface area contributed by atoms with Gasteiger partial charge in [-0.1, -0.05) is 19.9 Å². The topological polar surface area (TPSA) is 9.23 Å². The Hall–Kier alpha value is -0.440. The van der Waals surface area contributed by atoms with E-state index in [-0.39, 0.29) is 5.41 Å². The zero-order chi connectivity index (χ0) is 11.9. The highest BCUT2D eigenvalue weighted by molar-refractivity contribution is 5.02. The summed E-state index contributed by atoms with van der Waals surface area (Å²) in [6.45, 7) is 5.59. The number of alkyl halides is 2. The van der Waals surface area contributed by atoms with Crippen LogP contribution in [0, 0.1) is 5.41 Å². The van der Waals surface area contributed by atoms with Gasteiger partial charge in [0.25, 0.3) is 5.92 Å². The monoisotopic (exact) mass is 220 g/mol. The molecule has 1 saturated carbocycles. The summed E-state index contributed by atoms with van der Waals surface area (Å²) in [6.07, 6.45) is 5.46. The maximum atomic E-state index is 12.4. The molecule has 0 unspecified atom stereocenters. The molecule has 0 atom stereocenters. The van der Waals surface area contributed by atoms with E-state index in [4.69, 9.17) is 4.74 Å². The summed E-state index contributed by atoms with van der Waals surface area (Å²) in [6, 6.07) is 0. The number of halogens is 2. The van der Waals surface area contributed by atoms with Gasteiger partial charge in [-0.25, -0.2) is 8.78 Å². The third kappa shape index (κ3) is 6.61. The van der Waals surface area contributed by atoms with Gasteiger partial charge in [-0.2, -0.15) is 0 Å².